The van der Waals surface area contributed by atoms with Crippen LogP contribution in [0.25, 0.3) is 0 Å². The third-order valence-electron chi connectivity index (χ3n) is 3.48. The maximum absolute atomic E-state index is 8.95. The summed E-state index contributed by atoms with van der Waals surface area (Å²) in [6, 6.07) is 0.550. The number of aliphatic hydroxyl groups excluding tert-OH is 1. The van der Waals surface area contributed by atoms with Gasteiger partial charge in [-0.15, -0.1) is 0 Å². The molecule has 0 spiro atoms. The highest BCUT2D eigenvalue weighted by molar-refractivity contribution is 4.81. The molecule has 0 radical (unpaired) electrons. The summed E-state index contributed by atoms with van der Waals surface area (Å²) in [7, 11) is 0. The Morgan fingerprint density at radius 3 is 2.39 bits per heavy atom. The zero-order chi connectivity index (χ0) is 14.0. The minimum absolute atomic E-state index is 0.297. The van der Waals surface area contributed by atoms with Crippen molar-refractivity contribution in [1.29, 1.82) is 0 Å². The van der Waals surface area contributed by atoms with Crippen LogP contribution in [0, 0.1) is 5.41 Å². The molecular formula is C15H34N2O. The van der Waals surface area contributed by atoms with Crippen molar-refractivity contribution in [3.05, 3.63) is 0 Å². The zero-order valence-electron chi connectivity index (χ0n) is 13.1. The van der Waals surface area contributed by atoms with E-state index in [2.05, 4.69) is 44.8 Å². The van der Waals surface area contributed by atoms with Crippen molar-refractivity contribution in [3.63, 3.8) is 0 Å². The van der Waals surface area contributed by atoms with E-state index >= 15 is 0 Å². The Labute approximate surface area is 114 Å². The molecule has 0 fully saturated rings. The third-order valence-corrected chi connectivity index (χ3v) is 3.48. The van der Waals surface area contributed by atoms with E-state index in [4.69, 9.17) is 5.11 Å². The predicted molar refractivity (Wildman–Crippen MR) is 80.0 cm³/mol. The molecule has 0 aliphatic heterocycles. The van der Waals surface area contributed by atoms with Crippen molar-refractivity contribution >= 4 is 0 Å². The van der Waals surface area contributed by atoms with Gasteiger partial charge in [-0.25, -0.2) is 0 Å². The molecule has 0 aromatic heterocycles. The normalized spacial score (nSPS) is 15.3. The van der Waals surface area contributed by atoms with Crippen LogP contribution >= 0.6 is 0 Å². The van der Waals surface area contributed by atoms with Crippen LogP contribution in [0.1, 0.15) is 53.9 Å². The lowest BCUT2D eigenvalue weighted by atomic mass is 9.84. The second-order valence-corrected chi connectivity index (χ2v) is 6.04. The summed E-state index contributed by atoms with van der Waals surface area (Å²) in [4.78, 5) is 2.47. The lowest BCUT2D eigenvalue weighted by Crippen LogP contribution is -2.44. The SMILES string of the molecule is CCCC(C)(CNC(C)C)CN(CC)CCCO. The second-order valence-electron chi connectivity index (χ2n) is 6.04. The van der Waals surface area contributed by atoms with Gasteiger partial charge in [-0.2, -0.15) is 0 Å². The van der Waals surface area contributed by atoms with Gasteiger partial charge in [0.25, 0.3) is 0 Å². The Bertz CT molecular complexity index is 197. The molecule has 18 heavy (non-hydrogen) atoms. The minimum atomic E-state index is 0.297. The molecule has 0 saturated heterocycles. The van der Waals surface area contributed by atoms with Crippen molar-refractivity contribution in [2.24, 2.45) is 5.41 Å². The Balaban J connectivity index is 4.35. The topological polar surface area (TPSA) is 35.5 Å². The van der Waals surface area contributed by atoms with Crippen LogP contribution in [0.15, 0.2) is 0 Å². The monoisotopic (exact) mass is 258 g/mol. The number of nitrogens with zero attached hydrogens (tertiary/aromatic N) is 1. The molecule has 0 amide bonds. The highest BCUT2D eigenvalue weighted by Gasteiger charge is 2.25. The molecule has 2 N–H and O–H groups in total. The van der Waals surface area contributed by atoms with Gasteiger partial charge in [-0.05, 0) is 24.8 Å². The molecule has 0 bridgehead atoms. The molecule has 0 aromatic carbocycles. The number of rotatable bonds is 11. The van der Waals surface area contributed by atoms with E-state index in [1.165, 1.54) is 12.8 Å². The number of nitrogens with one attached hydrogen (secondary N) is 1. The Morgan fingerprint density at radius 2 is 1.94 bits per heavy atom. The fraction of sp³-hybridized carbons (Fsp3) is 1.00. The minimum Gasteiger partial charge on any atom is -0.396 e. The van der Waals surface area contributed by atoms with E-state index < -0.39 is 0 Å². The molecule has 1 atom stereocenters. The molecule has 0 aliphatic carbocycles. The number of hydrogen-bond donors (Lipinski definition) is 2. The van der Waals surface area contributed by atoms with Crippen LogP contribution in [0.2, 0.25) is 0 Å². The van der Waals surface area contributed by atoms with Crippen molar-refractivity contribution in [3.8, 4) is 0 Å². The first-order valence-corrected chi connectivity index (χ1v) is 7.54. The molecule has 110 valence electrons. The van der Waals surface area contributed by atoms with Gasteiger partial charge in [-0.1, -0.05) is 41.0 Å². The van der Waals surface area contributed by atoms with Crippen LogP contribution in [0.3, 0.4) is 0 Å². The Kier molecular flexibility index (Phi) is 9.70. The first-order valence-electron chi connectivity index (χ1n) is 7.54. The van der Waals surface area contributed by atoms with E-state index in [-0.39, 0.29) is 0 Å². The number of hydrogen-bond acceptors (Lipinski definition) is 3. The maximum atomic E-state index is 8.95. The standard InChI is InChI=1S/C15H34N2O/c1-6-9-15(5,12-16-14(3)4)13-17(7-2)10-8-11-18/h14,16,18H,6-13H2,1-5H3. The van der Waals surface area contributed by atoms with E-state index in [9.17, 15) is 0 Å². The average Bonchev–Trinajstić information content (AvgIpc) is 2.32. The van der Waals surface area contributed by atoms with Crippen molar-refractivity contribution in [1.82, 2.24) is 10.2 Å². The summed E-state index contributed by atoms with van der Waals surface area (Å²) in [5.41, 5.74) is 0.338. The summed E-state index contributed by atoms with van der Waals surface area (Å²) in [5.74, 6) is 0. The van der Waals surface area contributed by atoms with Gasteiger partial charge >= 0.3 is 0 Å². The van der Waals surface area contributed by atoms with E-state index in [0.717, 1.165) is 32.6 Å². The van der Waals surface area contributed by atoms with E-state index in [1.54, 1.807) is 0 Å². The molecule has 0 rings (SSSR count). The van der Waals surface area contributed by atoms with Crippen molar-refractivity contribution in [2.75, 3.05) is 32.8 Å². The molecule has 0 saturated carbocycles. The van der Waals surface area contributed by atoms with Gasteiger partial charge in [-0.3, -0.25) is 0 Å². The quantitative estimate of drug-likeness (QED) is 0.598. The van der Waals surface area contributed by atoms with E-state index in [1.807, 2.05) is 0 Å². The van der Waals surface area contributed by atoms with Crippen LogP contribution in [0.4, 0.5) is 0 Å². The van der Waals surface area contributed by atoms with Gasteiger partial charge in [0.2, 0.25) is 0 Å². The molecular weight excluding hydrogens is 224 g/mol. The van der Waals surface area contributed by atoms with Gasteiger partial charge in [0.15, 0.2) is 0 Å². The third kappa shape index (κ3) is 8.06. The van der Waals surface area contributed by atoms with Crippen molar-refractivity contribution < 1.29 is 5.11 Å². The van der Waals surface area contributed by atoms with Gasteiger partial charge in [0.05, 0.1) is 0 Å². The van der Waals surface area contributed by atoms with Gasteiger partial charge in [0, 0.05) is 32.3 Å². The van der Waals surface area contributed by atoms with E-state index in [0.29, 0.717) is 18.1 Å². The first kappa shape index (κ1) is 17.9. The Morgan fingerprint density at radius 1 is 1.28 bits per heavy atom. The summed E-state index contributed by atoms with van der Waals surface area (Å²) >= 11 is 0. The van der Waals surface area contributed by atoms with Crippen molar-refractivity contribution in [2.45, 2.75) is 59.9 Å². The Hall–Kier alpha value is -0.120. The molecule has 0 heterocycles. The summed E-state index contributed by atoms with van der Waals surface area (Å²) in [6.45, 7) is 15.8. The molecule has 0 aliphatic rings. The van der Waals surface area contributed by atoms with Crippen LogP contribution in [-0.4, -0.2) is 48.8 Å². The largest absolute Gasteiger partial charge is 0.396 e. The highest BCUT2D eigenvalue weighted by Crippen LogP contribution is 2.24. The summed E-state index contributed by atoms with van der Waals surface area (Å²) < 4.78 is 0. The zero-order valence-corrected chi connectivity index (χ0v) is 13.1. The molecule has 3 heteroatoms. The van der Waals surface area contributed by atoms with Gasteiger partial charge in [0.1, 0.15) is 0 Å². The fourth-order valence-electron chi connectivity index (χ4n) is 2.46. The predicted octanol–water partition coefficient (Wildman–Crippen LogP) is 2.50. The van der Waals surface area contributed by atoms with Crippen LogP contribution in [0.5, 0.6) is 0 Å². The molecule has 1 unspecified atom stereocenters. The lowest BCUT2D eigenvalue weighted by molar-refractivity contribution is 0.142. The summed E-state index contributed by atoms with van der Waals surface area (Å²) in [6.07, 6.45) is 3.36. The lowest BCUT2D eigenvalue weighted by Gasteiger charge is -2.36. The average molecular weight is 258 g/mol. The molecule has 3 nitrogen and oxygen atoms in total. The van der Waals surface area contributed by atoms with Crippen LogP contribution in [-0.2, 0) is 0 Å². The second kappa shape index (κ2) is 9.76. The summed E-state index contributed by atoms with van der Waals surface area (Å²) in [5, 5.41) is 12.5. The fourth-order valence-corrected chi connectivity index (χ4v) is 2.46. The highest BCUT2D eigenvalue weighted by atomic mass is 16.3. The molecule has 0 aromatic rings. The van der Waals surface area contributed by atoms with Crippen LogP contribution < -0.4 is 5.32 Å². The number of aliphatic hydroxyl groups is 1. The smallest absolute Gasteiger partial charge is 0.0443 e. The first-order chi connectivity index (χ1) is 8.47. The maximum Gasteiger partial charge on any atom is 0.0443 e. The van der Waals surface area contributed by atoms with Gasteiger partial charge < -0.3 is 15.3 Å².